The Hall–Kier alpha value is -2.08. The van der Waals surface area contributed by atoms with Crippen LogP contribution in [-0.4, -0.2) is 15.0 Å². The third-order valence-electron chi connectivity index (χ3n) is 2.83. The topological polar surface area (TPSA) is 55.4 Å². The molecule has 0 spiro atoms. The molecule has 112 valence electrons. The van der Waals surface area contributed by atoms with Gasteiger partial charge in [-0.1, -0.05) is 23.8 Å². The molecule has 2 rings (SSSR count). The fraction of sp³-hybridized carbons (Fsp3) is 0.200. The molecule has 0 fully saturated rings. The maximum atomic E-state index is 13.7. The minimum Gasteiger partial charge on any atom is -0.489 e. The van der Waals surface area contributed by atoms with Gasteiger partial charge >= 0.3 is 0 Å². The maximum Gasteiger partial charge on any atom is 0.262 e. The van der Waals surface area contributed by atoms with Gasteiger partial charge in [0.15, 0.2) is 11.6 Å². The fourth-order valence-corrected chi connectivity index (χ4v) is 2.86. The van der Waals surface area contributed by atoms with Crippen molar-refractivity contribution in [2.24, 2.45) is 0 Å². The lowest BCUT2D eigenvalue weighted by molar-refractivity contribution is 0.323. The fourth-order valence-electron chi connectivity index (χ4n) is 1.80. The zero-order valence-electron chi connectivity index (χ0n) is 11.8. The first-order chi connectivity index (χ1) is 9.94. The zero-order chi connectivity index (χ0) is 15.5. The van der Waals surface area contributed by atoms with Crippen LogP contribution in [0.3, 0.4) is 0 Å². The number of nitrogens with one attached hydrogen (secondary N) is 1. The predicted molar refractivity (Wildman–Crippen MR) is 79.6 cm³/mol. The summed E-state index contributed by atoms with van der Waals surface area (Å²) in [5.41, 5.74) is 1.03. The number of anilines is 1. The van der Waals surface area contributed by atoms with Gasteiger partial charge in [0.05, 0.1) is 17.2 Å². The first-order valence-electron chi connectivity index (χ1n) is 6.45. The molecule has 0 radical (unpaired) electrons. The monoisotopic (exact) mass is 309 g/mol. The average Bonchev–Trinajstić information content (AvgIpc) is 2.43. The molecule has 0 atom stereocenters. The van der Waals surface area contributed by atoms with Gasteiger partial charge in [0, 0.05) is 0 Å². The molecule has 21 heavy (non-hydrogen) atoms. The van der Waals surface area contributed by atoms with Crippen molar-refractivity contribution in [3.05, 3.63) is 53.8 Å². The molecule has 0 aliphatic heterocycles. The van der Waals surface area contributed by atoms with Crippen LogP contribution in [0.25, 0.3) is 0 Å². The van der Waals surface area contributed by atoms with Crippen LogP contribution in [0, 0.1) is 12.7 Å². The summed E-state index contributed by atoms with van der Waals surface area (Å²) in [7, 11) is -3.78. The Morgan fingerprint density at radius 2 is 1.81 bits per heavy atom. The number of para-hydroxylation sites is 1. The van der Waals surface area contributed by atoms with E-state index in [1.807, 2.05) is 6.92 Å². The van der Waals surface area contributed by atoms with Gasteiger partial charge in [0.2, 0.25) is 0 Å². The van der Waals surface area contributed by atoms with Crippen LogP contribution >= 0.6 is 0 Å². The van der Waals surface area contributed by atoms with E-state index in [0.717, 1.165) is 5.56 Å². The van der Waals surface area contributed by atoms with Gasteiger partial charge in [0.25, 0.3) is 10.0 Å². The van der Waals surface area contributed by atoms with Crippen molar-refractivity contribution in [1.29, 1.82) is 0 Å². The smallest absolute Gasteiger partial charge is 0.262 e. The van der Waals surface area contributed by atoms with Crippen LogP contribution in [0.15, 0.2) is 47.4 Å². The second-order valence-electron chi connectivity index (χ2n) is 4.47. The molecule has 2 aromatic rings. The highest BCUT2D eigenvalue weighted by Gasteiger charge is 2.18. The molecule has 0 aromatic heterocycles. The lowest BCUT2D eigenvalue weighted by atomic mass is 10.2. The largest absolute Gasteiger partial charge is 0.489 e. The molecule has 0 amide bonds. The molecule has 2 aromatic carbocycles. The van der Waals surface area contributed by atoms with Gasteiger partial charge in [-0.05, 0) is 38.1 Å². The summed E-state index contributed by atoms with van der Waals surface area (Å²) in [6, 6.07) is 10.5. The number of hydrogen-bond donors (Lipinski definition) is 1. The van der Waals surface area contributed by atoms with Crippen molar-refractivity contribution in [3.63, 3.8) is 0 Å². The van der Waals surface area contributed by atoms with Crippen LogP contribution < -0.4 is 9.46 Å². The number of hydrogen-bond acceptors (Lipinski definition) is 3. The molecule has 4 nitrogen and oxygen atoms in total. The van der Waals surface area contributed by atoms with Gasteiger partial charge in [-0.25, -0.2) is 12.8 Å². The van der Waals surface area contributed by atoms with E-state index in [0.29, 0.717) is 0 Å². The summed E-state index contributed by atoms with van der Waals surface area (Å²) in [6.07, 6.45) is 0. The van der Waals surface area contributed by atoms with E-state index < -0.39 is 15.8 Å². The Labute approximate surface area is 123 Å². The Bertz CT molecular complexity index is 727. The molecular formula is C15H16FNO3S. The molecule has 0 bridgehead atoms. The van der Waals surface area contributed by atoms with E-state index in [1.54, 1.807) is 19.1 Å². The normalized spacial score (nSPS) is 11.2. The van der Waals surface area contributed by atoms with Crippen molar-refractivity contribution < 1.29 is 17.5 Å². The molecule has 0 saturated heterocycles. The summed E-state index contributed by atoms with van der Waals surface area (Å²) in [6.45, 7) is 3.80. The quantitative estimate of drug-likeness (QED) is 0.921. The number of ether oxygens (including phenoxy) is 1. The Morgan fingerprint density at radius 1 is 1.14 bits per heavy atom. The highest BCUT2D eigenvalue weighted by molar-refractivity contribution is 7.92. The van der Waals surface area contributed by atoms with Crippen LogP contribution in [-0.2, 0) is 10.0 Å². The van der Waals surface area contributed by atoms with Gasteiger partial charge in [0.1, 0.15) is 0 Å². The number of halogens is 1. The third-order valence-corrected chi connectivity index (χ3v) is 4.21. The van der Waals surface area contributed by atoms with E-state index in [1.165, 1.54) is 30.3 Å². The lowest BCUT2D eigenvalue weighted by Crippen LogP contribution is -2.14. The summed E-state index contributed by atoms with van der Waals surface area (Å²) >= 11 is 0. The highest BCUT2D eigenvalue weighted by atomic mass is 32.2. The summed E-state index contributed by atoms with van der Waals surface area (Å²) in [5.74, 6) is -0.711. The highest BCUT2D eigenvalue weighted by Crippen LogP contribution is 2.29. The Kier molecular flexibility index (Phi) is 4.47. The summed E-state index contributed by atoms with van der Waals surface area (Å²) in [5, 5.41) is 0. The van der Waals surface area contributed by atoms with Crippen LogP contribution in [0.5, 0.6) is 5.75 Å². The van der Waals surface area contributed by atoms with Gasteiger partial charge in [-0.3, -0.25) is 4.72 Å². The number of sulfonamides is 1. The standard InChI is InChI=1S/C15H16FNO3S/c1-3-20-15-13(16)5-4-6-14(15)17-21(18,19)12-9-7-11(2)8-10-12/h4-10,17H,3H2,1-2H3. The third kappa shape index (κ3) is 3.52. The molecule has 0 unspecified atom stereocenters. The zero-order valence-corrected chi connectivity index (χ0v) is 12.6. The van der Waals surface area contributed by atoms with Crippen molar-refractivity contribution in [1.82, 2.24) is 0 Å². The predicted octanol–water partition coefficient (Wildman–Crippen LogP) is 3.33. The summed E-state index contributed by atoms with van der Waals surface area (Å²) in [4.78, 5) is 0.111. The van der Waals surface area contributed by atoms with E-state index in [4.69, 9.17) is 4.74 Å². The van der Waals surface area contributed by atoms with Gasteiger partial charge in [-0.2, -0.15) is 0 Å². The van der Waals surface area contributed by atoms with E-state index in [-0.39, 0.29) is 22.9 Å². The van der Waals surface area contributed by atoms with Gasteiger partial charge < -0.3 is 4.74 Å². The van der Waals surface area contributed by atoms with Crippen LogP contribution in [0.2, 0.25) is 0 Å². The van der Waals surface area contributed by atoms with E-state index >= 15 is 0 Å². The molecule has 6 heteroatoms. The maximum absolute atomic E-state index is 13.7. The SMILES string of the molecule is CCOc1c(F)cccc1NS(=O)(=O)c1ccc(C)cc1. The number of rotatable bonds is 5. The molecular weight excluding hydrogens is 293 g/mol. The van der Waals surface area contributed by atoms with E-state index in [9.17, 15) is 12.8 Å². The molecule has 0 saturated carbocycles. The minimum absolute atomic E-state index is 0.0809. The van der Waals surface area contributed by atoms with Crippen LogP contribution in [0.4, 0.5) is 10.1 Å². The second-order valence-corrected chi connectivity index (χ2v) is 6.15. The minimum atomic E-state index is -3.78. The molecule has 1 N–H and O–H groups in total. The molecule has 0 aliphatic carbocycles. The van der Waals surface area contributed by atoms with Crippen molar-refractivity contribution in [3.8, 4) is 5.75 Å². The van der Waals surface area contributed by atoms with Crippen molar-refractivity contribution >= 4 is 15.7 Å². The Balaban J connectivity index is 2.37. The van der Waals surface area contributed by atoms with E-state index in [2.05, 4.69) is 4.72 Å². The second kappa shape index (κ2) is 6.13. The Morgan fingerprint density at radius 3 is 2.43 bits per heavy atom. The first kappa shape index (κ1) is 15.3. The first-order valence-corrected chi connectivity index (χ1v) is 7.93. The lowest BCUT2D eigenvalue weighted by Gasteiger charge is -2.13. The molecule has 0 heterocycles. The van der Waals surface area contributed by atoms with Crippen molar-refractivity contribution in [2.45, 2.75) is 18.7 Å². The van der Waals surface area contributed by atoms with Crippen LogP contribution in [0.1, 0.15) is 12.5 Å². The molecule has 0 aliphatic rings. The number of benzene rings is 2. The van der Waals surface area contributed by atoms with Gasteiger partial charge in [-0.15, -0.1) is 0 Å². The van der Waals surface area contributed by atoms with Crippen molar-refractivity contribution in [2.75, 3.05) is 11.3 Å². The average molecular weight is 309 g/mol. The summed E-state index contributed by atoms with van der Waals surface area (Å²) < 4.78 is 45.8. The number of aryl methyl sites for hydroxylation is 1.